The van der Waals surface area contributed by atoms with E-state index >= 15 is 0 Å². The average molecular weight is 293 g/mol. The molecule has 0 atom stereocenters. The quantitative estimate of drug-likeness (QED) is 0.706. The Kier molecular flexibility index (Phi) is 3.83. The Morgan fingerprint density at radius 3 is 3.00 bits per heavy atom. The third kappa shape index (κ3) is 2.95. The number of amides is 1. The molecule has 2 heterocycles. The van der Waals surface area contributed by atoms with Gasteiger partial charge in [0.25, 0.3) is 0 Å². The number of pyridine rings is 1. The van der Waals surface area contributed by atoms with Gasteiger partial charge in [0.05, 0.1) is 13.5 Å². The van der Waals surface area contributed by atoms with Crippen LogP contribution in [0, 0.1) is 0 Å². The van der Waals surface area contributed by atoms with Crippen LogP contribution >= 0.6 is 0 Å². The predicted molar refractivity (Wildman–Crippen MR) is 89.6 cm³/mol. The van der Waals surface area contributed by atoms with Crippen molar-refractivity contribution >= 4 is 35.9 Å². The third-order valence-electron chi connectivity index (χ3n) is 3.51. The highest BCUT2D eigenvalue weighted by atomic mass is 16.5. The second-order valence-electron chi connectivity index (χ2n) is 5.14. The minimum atomic E-state index is -0.0857. The van der Waals surface area contributed by atoms with Crippen LogP contribution in [0.3, 0.4) is 0 Å². The summed E-state index contributed by atoms with van der Waals surface area (Å²) in [7, 11) is 3.62. The maximum Gasteiger partial charge on any atom is 0.230 e. The number of H-pyrrole nitrogens is 1. The summed E-state index contributed by atoms with van der Waals surface area (Å²) in [6, 6.07) is 11.2. The molecule has 0 saturated heterocycles. The first-order valence-electron chi connectivity index (χ1n) is 7.03. The normalized spacial score (nSPS) is 10.6. The lowest BCUT2D eigenvalue weighted by Gasteiger charge is -2.06. The van der Waals surface area contributed by atoms with Gasteiger partial charge in [0.15, 0.2) is 0 Å². The van der Waals surface area contributed by atoms with Gasteiger partial charge in [-0.2, -0.15) is 0 Å². The molecule has 0 bridgehead atoms. The summed E-state index contributed by atoms with van der Waals surface area (Å²) in [6.45, 7) is 0. The summed E-state index contributed by atoms with van der Waals surface area (Å²) in [5, 5.41) is 3.91. The molecule has 110 valence electrons. The van der Waals surface area contributed by atoms with Crippen LogP contribution in [0.15, 0.2) is 42.6 Å². The molecule has 0 saturated carbocycles. The SMILES string of the molecule is Bc1ccnc2[nH]c(CC(=O)Nc3cccc(OC)c3)cc12. The Hall–Kier alpha value is -2.76. The Labute approximate surface area is 129 Å². The molecule has 1 amide bonds. The van der Waals surface area contributed by atoms with Crippen molar-refractivity contribution in [2.45, 2.75) is 6.42 Å². The van der Waals surface area contributed by atoms with Crippen molar-refractivity contribution < 1.29 is 9.53 Å². The van der Waals surface area contributed by atoms with Gasteiger partial charge < -0.3 is 15.0 Å². The summed E-state index contributed by atoms with van der Waals surface area (Å²) >= 11 is 0. The number of methoxy groups -OCH3 is 1. The number of aromatic amines is 1. The molecule has 0 fully saturated rings. The highest BCUT2D eigenvalue weighted by Gasteiger charge is 2.09. The third-order valence-corrected chi connectivity index (χ3v) is 3.51. The van der Waals surface area contributed by atoms with Crippen LogP contribution in [0.1, 0.15) is 5.69 Å². The van der Waals surface area contributed by atoms with Crippen LogP contribution in [0.25, 0.3) is 11.0 Å². The second kappa shape index (κ2) is 5.93. The number of rotatable bonds is 4. The van der Waals surface area contributed by atoms with Crippen LogP contribution in [-0.4, -0.2) is 30.8 Å². The molecule has 5 nitrogen and oxygen atoms in total. The molecule has 1 aromatic carbocycles. The van der Waals surface area contributed by atoms with Gasteiger partial charge in [-0.15, -0.1) is 0 Å². The Morgan fingerprint density at radius 2 is 2.23 bits per heavy atom. The zero-order valence-corrected chi connectivity index (χ0v) is 12.5. The minimum absolute atomic E-state index is 0.0857. The van der Waals surface area contributed by atoms with Crippen molar-refractivity contribution in [2.24, 2.45) is 0 Å². The zero-order chi connectivity index (χ0) is 15.5. The van der Waals surface area contributed by atoms with Crippen molar-refractivity contribution in [2.75, 3.05) is 12.4 Å². The maximum atomic E-state index is 12.2. The maximum absolute atomic E-state index is 12.2. The molecule has 0 aliphatic carbocycles. The van der Waals surface area contributed by atoms with Crippen molar-refractivity contribution in [1.82, 2.24) is 9.97 Å². The molecular formula is C16H16BN3O2. The van der Waals surface area contributed by atoms with Crippen LogP contribution < -0.4 is 15.5 Å². The fourth-order valence-corrected chi connectivity index (χ4v) is 2.39. The van der Waals surface area contributed by atoms with Gasteiger partial charge in [0.2, 0.25) is 5.91 Å². The number of carbonyl (C=O) groups excluding carboxylic acids is 1. The van der Waals surface area contributed by atoms with E-state index in [0.29, 0.717) is 5.75 Å². The van der Waals surface area contributed by atoms with E-state index < -0.39 is 0 Å². The highest BCUT2D eigenvalue weighted by molar-refractivity contribution is 6.38. The first kappa shape index (κ1) is 14.2. The van der Waals surface area contributed by atoms with Crippen LogP contribution in [0.4, 0.5) is 5.69 Å². The van der Waals surface area contributed by atoms with Gasteiger partial charge in [0, 0.05) is 29.0 Å². The number of aromatic nitrogens is 2. The highest BCUT2D eigenvalue weighted by Crippen LogP contribution is 2.17. The predicted octanol–water partition coefficient (Wildman–Crippen LogP) is 1.01. The first-order chi connectivity index (χ1) is 10.7. The monoisotopic (exact) mass is 293 g/mol. The molecule has 0 aliphatic rings. The van der Waals surface area contributed by atoms with Crippen LogP contribution in [0.2, 0.25) is 0 Å². The first-order valence-corrected chi connectivity index (χ1v) is 7.03. The van der Waals surface area contributed by atoms with Crippen LogP contribution in [0.5, 0.6) is 5.75 Å². The lowest BCUT2D eigenvalue weighted by molar-refractivity contribution is -0.115. The summed E-state index contributed by atoms with van der Waals surface area (Å²) in [6.07, 6.45) is 2.03. The van der Waals surface area contributed by atoms with E-state index in [9.17, 15) is 4.79 Å². The number of fused-ring (bicyclic) bond motifs is 1. The van der Waals surface area contributed by atoms with E-state index in [1.165, 1.54) is 0 Å². The van der Waals surface area contributed by atoms with Gasteiger partial charge in [-0.1, -0.05) is 11.5 Å². The molecular weight excluding hydrogens is 277 g/mol. The number of nitrogens with zero attached hydrogens (tertiary/aromatic N) is 1. The number of benzene rings is 1. The molecule has 22 heavy (non-hydrogen) atoms. The van der Waals surface area contributed by atoms with Gasteiger partial charge >= 0.3 is 0 Å². The lowest BCUT2D eigenvalue weighted by Crippen LogP contribution is -2.14. The van der Waals surface area contributed by atoms with E-state index in [2.05, 4.69) is 15.3 Å². The number of hydrogen-bond donors (Lipinski definition) is 2. The van der Waals surface area contributed by atoms with Crippen molar-refractivity contribution in [1.29, 1.82) is 0 Å². The van der Waals surface area contributed by atoms with Gasteiger partial charge in [0.1, 0.15) is 19.2 Å². The minimum Gasteiger partial charge on any atom is -0.497 e. The van der Waals surface area contributed by atoms with E-state index in [1.54, 1.807) is 19.4 Å². The molecule has 2 aromatic heterocycles. The number of nitrogens with one attached hydrogen (secondary N) is 2. The van der Waals surface area contributed by atoms with E-state index in [1.807, 2.05) is 38.2 Å². The molecule has 2 N–H and O–H groups in total. The van der Waals surface area contributed by atoms with E-state index in [-0.39, 0.29) is 12.3 Å². The lowest BCUT2D eigenvalue weighted by atomic mass is 9.94. The largest absolute Gasteiger partial charge is 0.497 e. The van der Waals surface area contributed by atoms with E-state index in [0.717, 1.165) is 27.9 Å². The topological polar surface area (TPSA) is 67.0 Å². The van der Waals surface area contributed by atoms with Gasteiger partial charge in [-0.05, 0) is 24.3 Å². The molecule has 6 heteroatoms. The average Bonchev–Trinajstić information content (AvgIpc) is 2.91. The van der Waals surface area contributed by atoms with Crippen molar-refractivity contribution in [3.8, 4) is 5.75 Å². The molecule has 3 rings (SSSR count). The fraction of sp³-hybridized carbons (Fsp3) is 0.125. The van der Waals surface area contributed by atoms with Crippen molar-refractivity contribution in [3.05, 3.63) is 48.3 Å². The van der Waals surface area contributed by atoms with Crippen molar-refractivity contribution in [3.63, 3.8) is 0 Å². The molecule has 0 radical (unpaired) electrons. The number of ether oxygens (including phenoxy) is 1. The fourth-order valence-electron chi connectivity index (χ4n) is 2.39. The summed E-state index contributed by atoms with van der Waals surface area (Å²) < 4.78 is 5.14. The summed E-state index contributed by atoms with van der Waals surface area (Å²) in [4.78, 5) is 19.6. The zero-order valence-electron chi connectivity index (χ0n) is 12.5. The van der Waals surface area contributed by atoms with Gasteiger partial charge in [-0.3, -0.25) is 4.79 Å². The molecule has 0 aliphatic heterocycles. The smallest absolute Gasteiger partial charge is 0.230 e. The number of carbonyl (C=O) groups is 1. The standard InChI is InChI=1S/C16H16BN3O2/c1-22-12-4-2-3-10(7-12)19-15(21)9-11-8-13-14(17)5-6-18-16(13)20-11/h2-8H,9,17H2,1H3,(H,18,20)(H,19,21). The van der Waals surface area contributed by atoms with E-state index in [4.69, 9.17) is 4.74 Å². The number of anilines is 1. The second-order valence-corrected chi connectivity index (χ2v) is 5.14. The summed E-state index contributed by atoms with van der Waals surface area (Å²) in [5.41, 5.74) is 3.51. The van der Waals surface area contributed by atoms with Crippen LogP contribution in [-0.2, 0) is 11.2 Å². The number of hydrogen-bond acceptors (Lipinski definition) is 3. The molecule has 3 aromatic rings. The Morgan fingerprint density at radius 1 is 1.36 bits per heavy atom. The Balaban J connectivity index is 1.74. The molecule has 0 unspecified atom stereocenters. The Bertz CT molecular complexity index is 829. The van der Waals surface area contributed by atoms with Gasteiger partial charge in [-0.25, -0.2) is 4.98 Å². The summed E-state index contributed by atoms with van der Waals surface area (Å²) in [5.74, 6) is 0.626. The molecule has 0 spiro atoms.